The number of hydrogen-bond donors (Lipinski definition) is 1. The molecule has 0 aromatic rings. The van der Waals surface area contributed by atoms with Crippen molar-refractivity contribution < 1.29 is 14.8 Å². The van der Waals surface area contributed by atoms with Crippen molar-refractivity contribution in [1.29, 1.82) is 0 Å². The summed E-state index contributed by atoms with van der Waals surface area (Å²) in [5.41, 5.74) is -0.284. The largest absolute Gasteiger partial charge is 0.459 e. The monoisotopic (exact) mass is 284 g/mol. The van der Waals surface area contributed by atoms with Crippen LogP contribution in [0.2, 0.25) is 0 Å². The van der Waals surface area contributed by atoms with E-state index in [1.807, 2.05) is 0 Å². The van der Waals surface area contributed by atoms with Crippen LogP contribution in [0.3, 0.4) is 0 Å². The average Bonchev–Trinajstić information content (AvgIpc) is 2.43. The maximum absolute atomic E-state index is 12.0. The summed E-state index contributed by atoms with van der Waals surface area (Å²) in [4.78, 5) is 12.0. The molecular formula is C17H34NO2+. The minimum atomic E-state index is -0.284. The molecule has 0 atom stereocenters. The van der Waals surface area contributed by atoms with Gasteiger partial charge in [-0.1, -0.05) is 39.0 Å². The van der Waals surface area contributed by atoms with Gasteiger partial charge < -0.3 is 10.1 Å². The average molecular weight is 284 g/mol. The fourth-order valence-electron chi connectivity index (χ4n) is 3.10. The van der Waals surface area contributed by atoms with Gasteiger partial charge in [-0.05, 0) is 20.3 Å². The molecule has 1 aliphatic rings. The highest BCUT2D eigenvalue weighted by molar-refractivity contribution is 5.69. The SMILES string of the molecule is CCCCCCCCC(=O)OC(C)(C)C1CC[NH2+]CC1. The number of unbranched alkanes of at least 4 members (excludes halogenated alkanes) is 5. The Kier molecular flexibility index (Phi) is 8.20. The van der Waals surface area contributed by atoms with Crippen molar-refractivity contribution in [2.45, 2.75) is 84.2 Å². The number of piperidine rings is 1. The first-order valence-corrected chi connectivity index (χ1v) is 8.59. The second-order valence-corrected chi connectivity index (χ2v) is 6.74. The van der Waals surface area contributed by atoms with Gasteiger partial charge >= 0.3 is 5.97 Å². The molecule has 1 fully saturated rings. The fraction of sp³-hybridized carbons (Fsp3) is 0.941. The second kappa shape index (κ2) is 9.38. The van der Waals surface area contributed by atoms with Crippen LogP contribution in [0.15, 0.2) is 0 Å². The zero-order valence-electron chi connectivity index (χ0n) is 13.7. The van der Waals surface area contributed by atoms with Gasteiger partial charge in [0.25, 0.3) is 0 Å². The molecule has 118 valence electrons. The Bertz CT molecular complexity index is 270. The molecule has 0 aromatic carbocycles. The van der Waals surface area contributed by atoms with Gasteiger partial charge in [0.2, 0.25) is 0 Å². The summed E-state index contributed by atoms with van der Waals surface area (Å²) < 4.78 is 5.75. The Balaban J connectivity index is 2.16. The fourth-order valence-corrected chi connectivity index (χ4v) is 3.10. The smallest absolute Gasteiger partial charge is 0.306 e. The Morgan fingerprint density at radius 1 is 1.10 bits per heavy atom. The lowest BCUT2D eigenvalue weighted by molar-refractivity contribution is -0.665. The van der Waals surface area contributed by atoms with Crippen LogP contribution < -0.4 is 5.32 Å². The van der Waals surface area contributed by atoms with E-state index in [4.69, 9.17) is 4.74 Å². The van der Waals surface area contributed by atoms with Crippen molar-refractivity contribution >= 4 is 5.97 Å². The number of nitrogens with two attached hydrogens (primary N) is 1. The molecule has 0 amide bonds. The Morgan fingerprint density at radius 3 is 2.35 bits per heavy atom. The van der Waals surface area contributed by atoms with Gasteiger partial charge in [-0.15, -0.1) is 0 Å². The molecule has 1 saturated heterocycles. The van der Waals surface area contributed by atoms with Crippen molar-refractivity contribution in [2.24, 2.45) is 5.92 Å². The molecule has 1 aliphatic heterocycles. The van der Waals surface area contributed by atoms with Crippen molar-refractivity contribution in [1.82, 2.24) is 0 Å². The molecule has 3 nitrogen and oxygen atoms in total. The number of quaternary nitrogens is 1. The number of carbonyl (C=O) groups excluding carboxylic acids is 1. The van der Waals surface area contributed by atoms with Crippen LogP contribution in [-0.2, 0) is 9.53 Å². The van der Waals surface area contributed by atoms with Crippen LogP contribution in [0.1, 0.15) is 78.6 Å². The Labute approximate surface area is 124 Å². The molecule has 1 heterocycles. The predicted molar refractivity (Wildman–Crippen MR) is 82.5 cm³/mol. The maximum atomic E-state index is 12.0. The summed E-state index contributed by atoms with van der Waals surface area (Å²) in [6.45, 7) is 8.74. The van der Waals surface area contributed by atoms with Crippen LogP contribution >= 0.6 is 0 Å². The lowest BCUT2D eigenvalue weighted by Gasteiger charge is -2.35. The first kappa shape index (κ1) is 17.5. The molecule has 2 N–H and O–H groups in total. The van der Waals surface area contributed by atoms with Gasteiger partial charge in [0.15, 0.2) is 0 Å². The van der Waals surface area contributed by atoms with E-state index < -0.39 is 0 Å². The molecule has 0 unspecified atom stereocenters. The standard InChI is InChI=1S/C17H33NO2/c1-4-5-6-7-8-9-10-16(19)20-17(2,3)15-11-13-18-14-12-15/h15,18H,4-14H2,1-3H3/p+1. The number of ether oxygens (including phenoxy) is 1. The summed E-state index contributed by atoms with van der Waals surface area (Å²) in [5, 5.41) is 2.35. The van der Waals surface area contributed by atoms with E-state index in [1.165, 1.54) is 38.8 Å². The molecule has 0 radical (unpaired) electrons. The number of rotatable bonds is 9. The van der Waals surface area contributed by atoms with E-state index in [-0.39, 0.29) is 11.6 Å². The van der Waals surface area contributed by atoms with Crippen molar-refractivity contribution in [3.05, 3.63) is 0 Å². The second-order valence-electron chi connectivity index (χ2n) is 6.74. The summed E-state index contributed by atoms with van der Waals surface area (Å²) in [5.74, 6) is 0.529. The van der Waals surface area contributed by atoms with Gasteiger partial charge in [0.05, 0.1) is 13.1 Å². The lowest BCUT2D eigenvalue weighted by atomic mass is 9.83. The van der Waals surface area contributed by atoms with Gasteiger partial charge in [-0.25, -0.2) is 0 Å². The molecule has 0 spiro atoms. The van der Waals surface area contributed by atoms with E-state index >= 15 is 0 Å². The maximum Gasteiger partial charge on any atom is 0.306 e. The lowest BCUT2D eigenvalue weighted by Crippen LogP contribution is -2.86. The van der Waals surface area contributed by atoms with Crippen molar-refractivity contribution in [3.63, 3.8) is 0 Å². The highest BCUT2D eigenvalue weighted by atomic mass is 16.6. The highest BCUT2D eigenvalue weighted by Crippen LogP contribution is 2.28. The molecule has 0 aliphatic carbocycles. The van der Waals surface area contributed by atoms with Crippen LogP contribution in [0.4, 0.5) is 0 Å². The van der Waals surface area contributed by atoms with E-state index in [9.17, 15) is 4.79 Å². The van der Waals surface area contributed by atoms with Gasteiger partial charge in [0.1, 0.15) is 5.60 Å². The van der Waals surface area contributed by atoms with Crippen molar-refractivity contribution in [3.8, 4) is 0 Å². The quantitative estimate of drug-likeness (QED) is 0.522. The normalized spacial score (nSPS) is 17.1. The van der Waals surface area contributed by atoms with Crippen LogP contribution in [-0.4, -0.2) is 24.7 Å². The topological polar surface area (TPSA) is 42.9 Å². The molecular weight excluding hydrogens is 250 g/mol. The number of carbonyl (C=O) groups is 1. The van der Waals surface area contributed by atoms with E-state index in [2.05, 4.69) is 26.1 Å². The number of esters is 1. The summed E-state index contributed by atoms with van der Waals surface area (Å²) in [6, 6.07) is 0. The molecule has 0 bridgehead atoms. The molecule has 20 heavy (non-hydrogen) atoms. The third-order valence-corrected chi connectivity index (χ3v) is 4.53. The van der Waals surface area contributed by atoms with E-state index in [0.29, 0.717) is 12.3 Å². The Morgan fingerprint density at radius 2 is 1.70 bits per heavy atom. The van der Waals surface area contributed by atoms with E-state index in [0.717, 1.165) is 25.7 Å². The van der Waals surface area contributed by atoms with Crippen LogP contribution in [0.5, 0.6) is 0 Å². The summed E-state index contributed by atoms with van der Waals surface area (Å²) in [6.07, 6.45) is 10.2. The van der Waals surface area contributed by atoms with E-state index in [1.54, 1.807) is 0 Å². The third kappa shape index (κ3) is 6.74. The van der Waals surface area contributed by atoms with Gasteiger partial charge in [0, 0.05) is 25.2 Å². The zero-order valence-corrected chi connectivity index (χ0v) is 13.7. The van der Waals surface area contributed by atoms with Crippen LogP contribution in [0.25, 0.3) is 0 Å². The summed E-state index contributed by atoms with van der Waals surface area (Å²) in [7, 11) is 0. The first-order valence-electron chi connectivity index (χ1n) is 8.59. The molecule has 3 heteroatoms. The Hall–Kier alpha value is -0.570. The zero-order chi connectivity index (χ0) is 14.8. The van der Waals surface area contributed by atoms with Gasteiger partial charge in [-0.2, -0.15) is 0 Å². The predicted octanol–water partition coefficient (Wildman–Crippen LogP) is 3.03. The summed E-state index contributed by atoms with van der Waals surface area (Å²) >= 11 is 0. The first-order chi connectivity index (χ1) is 9.56. The van der Waals surface area contributed by atoms with Crippen LogP contribution in [0, 0.1) is 5.92 Å². The molecule has 0 aromatic heterocycles. The highest BCUT2D eigenvalue weighted by Gasteiger charge is 2.35. The van der Waals surface area contributed by atoms with Crippen molar-refractivity contribution in [2.75, 3.05) is 13.1 Å². The number of hydrogen-bond acceptors (Lipinski definition) is 2. The third-order valence-electron chi connectivity index (χ3n) is 4.53. The minimum absolute atomic E-state index is 0.0000413. The molecule has 1 rings (SSSR count). The minimum Gasteiger partial charge on any atom is -0.459 e. The van der Waals surface area contributed by atoms with Gasteiger partial charge in [-0.3, -0.25) is 4.79 Å². The molecule has 0 saturated carbocycles.